The predicted molar refractivity (Wildman–Crippen MR) is 119 cm³/mol. The number of phenols is 1. The molecule has 4 rings (SSSR count). The van der Waals surface area contributed by atoms with Crippen molar-refractivity contribution >= 4 is 17.4 Å². The van der Waals surface area contributed by atoms with Crippen LogP contribution in [0.4, 0.5) is 5.69 Å². The Morgan fingerprint density at radius 3 is 2.19 bits per heavy atom. The molecular weight excluding hydrogens is 390 g/mol. The average Bonchev–Trinajstić information content (AvgIpc) is 3.05. The number of amides is 1. The molecule has 1 heterocycles. The summed E-state index contributed by atoms with van der Waals surface area (Å²) in [5.74, 6) is -1.32. The van der Waals surface area contributed by atoms with E-state index < -0.39 is 17.7 Å². The fourth-order valence-corrected chi connectivity index (χ4v) is 3.87. The van der Waals surface area contributed by atoms with E-state index in [4.69, 9.17) is 0 Å². The lowest BCUT2D eigenvalue weighted by Crippen LogP contribution is -2.31. The molecule has 0 aromatic heterocycles. The number of anilines is 1. The molecule has 0 spiro atoms. The second-order valence-electron chi connectivity index (χ2n) is 7.68. The Hall–Kier alpha value is -3.86. The minimum atomic E-state index is -0.765. The summed E-state index contributed by atoms with van der Waals surface area (Å²) in [5.41, 5.74) is 3.36. The lowest BCUT2D eigenvalue weighted by molar-refractivity contribution is -0.118. The van der Waals surface area contributed by atoms with Crippen LogP contribution in [0.3, 0.4) is 0 Å². The lowest BCUT2D eigenvalue weighted by atomic mass is 9.93. The second kappa shape index (κ2) is 8.48. The molecule has 0 aliphatic carbocycles. The molecule has 3 aromatic rings. The molecule has 2 N–H and O–H groups in total. The predicted octanol–water partition coefficient (Wildman–Crippen LogP) is 4.80. The van der Waals surface area contributed by atoms with Crippen LogP contribution in [0, 0.1) is 6.92 Å². The van der Waals surface area contributed by atoms with E-state index >= 15 is 0 Å². The quantitative estimate of drug-likeness (QED) is 0.608. The van der Waals surface area contributed by atoms with Crippen LogP contribution >= 0.6 is 0 Å². The number of aliphatic hydroxyl groups excluding tert-OH is 1. The number of carbonyl (C=O) groups is 2. The second-order valence-corrected chi connectivity index (χ2v) is 7.68. The standard InChI is InChI=1S/C26H23NO4/c1-17-7-12-20(13-8-17)27-24(19-10-14-21(28)15-11-19)23(25(30)26(27)31)22(29)16-9-18-5-3-2-4-6-18/h2-8,10-15,24,28,30H,9,16H2,1H3. The fraction of sp³-hybridized carbons (Fsp3) is 0.154. The van der Waals surface area contributed by atoms with Gasteiger partial charge in [-0.25, -0.2) is 0 Å². The molecule has 1 amide bonds. The molecule has 31 heavy (non-hydrogen) atoms. The SMILES string of the molecule is Cc1ccc(N2C(=O)C(O)=C(C(=O)CCc3ccccc3)C2c2ccc(O)cc2)cc1. The molecule has 1 atom stereocenters. The topological polar surface area (TPSA) is 77.8 Å². The number of hydrogen-bond donors (Lipinski definition) is 2. The van der Waals surface area contributed by atoms with Gasteiger partial charge < -0.3 is 10.2 Å². The van der Waals surface area contributed by atoms with Crippen LogP contribution in [0.5, 0.6) is 5.75 Å². The van der Waals surface area contributed by atoms with E-state index in [2.05, 4.69) is 0 Å². The van der Waals surface area contributed by atoms with Gasteiger partial charge in [-0.2, -0.15) is 0 Å². The number of rotatable bonds is 6. The maximum absolute atomic E-state index is 13.2. The van der Waals surface area contributed by atoms with E-state index in [0.29, 0.717) is 17.7 Å². The number of aromatic hydroxyl groups is 1. The Morgan fingerprint density at radius 1 is 0.903 bits per heavy atom. The summed E-state index contributed by atoms with van der Waals surface area (Å²) in [6.07, 6.45) is 0.685. The van der Waals surface area contributed by atoms with Crippen LogP contribution in [0.15, 0.2) is 90.2 Å². The Morgan fingerprint density at radius 2 is 1.55 bits per heavy atom. The Kier molecular flexibility index (Phi) is 5.58. The Bertz CT molecular complexity index is 1130. The minimum absolute atomic E-state index is 0.0834. The molecule has 1 aliphatic rings. The number of ketones is 1. The summed E-state index contributed by atoms with van der Waals surface area (Å²) < 4.78 is 0. The van der Waals surface area contributed by atoms with Gasteiger partial charge in [0.2, 0.25) is 0 Å². The van der Waals surface area contributed by atoms with Gasteiger partial charge in [-0.05, 0) is 48.7 Å². The number of benzene rings is 3. The molecule has 0 saturated heterocycles. The van der Waals surface area contributed by atoms with Crippen molar-refractivity contribution in [1.82, 2.24) is 0 Å². The fourth-order valence-electron chi connectivity index (χ4n) is 3.87. The van der Waals surface area contributed by atoms with Crippen molar-refractivity contribution in [3.63, 3.8) is 0 Å². The molecular formula is C26H23NO4. The van der Waals surface area contributed by atoms with E-state index in [1.165, 1.54) is 17.0 Å². The number of phenolic OH excluding ortho intramolecular Hbond substituents is 1. The normalized spacial score (nSPS) is 16.1. The maximum Gasteiger partial charge on any atom is 0.294 e. The van der Waals surface area contributed by atoms with Crippen LogP contribution in [0.1, 0.15) is 29.2 Å². The van der Waals surface area contributed by atoms with Gasteiger partial charge in [0, 0.05) is 12.1 Å². The summed E-state index contributed by atoms with van der Waals surface area (Å²) in [4.78, 5) is 27.7. The molecule has 5 heteroatoms. The van der Waals surface area contributed by atoms with E-state index in [9.17, 15) is 19.8 Å². The molecule has 156 valence electrons. The van der Waals surface area contributed by atoms with E-state index in [-0.39, 0.29) is 23.5 Å². The Labute approximate surface area is 180 Å². The third-order valence-corrected chi connectivity index (χ3v) is 5.51. The van der Waals surface area contributed by atoms with E-state index in [1.807, 2.05) is 49.4 Å². The zero-order valence-corrected chi connectivity index (χ0v) is 17.2. The average molecular weight is 413 g/mol. The van der Waals surface area contributed by atoms with Gasteiger partial charge in [0.05, 0.1) is 11.6 Å². The van der Waals surface area contributed by atoms with Gasteiger partial charge in [-0.3, -0.25) is 14.5 Å². The number of hydrogen-bond acceptors (Lipinski definition) is 4. The molecule has 5 nitrogen and oxygen atoms in total. The zero-order valence-electron chi connectivity index (χ0n) is 17.2. The first kappa shape index (κ1) is 20.4. The summed E-state index contributed by atoms with van der Waals surface area (Å²) in [6.45, 7) is 1.95. The summed E-state index contributed by atoms with van der Waals surface area (Å²) in [6, 6.07) is 22.5. The van der Waals surface area contributed by atoms with Gasteiger partial charge >= 0.3 is 0 Å². The highest BCUT2D eigenvalue weighted by atomic mass is 16.3. The van der Waals surface area contributed by atoms with Crippen LogP contribution in [-0.2, 0) is 16.0 Å². The smallest absolute Gasteiger partial charge is 0.294 e. The monoisotopic (exact) mass is 413 g/mol. The van der Waals surface area contributed by atoms with Gasteiger partial charge in [-0.15, -0.1) is 0 Å². The third-order valence-electron chi connectivity index (χ3n) is 5.51. The first-order chi connectivity index (χ1) is 15.0. The molecule has 3 aromatic carbocycles. The maximum atomic E-state index is 13.2. The molecule has 0 radical (unpaired) electrons. The number of carbonyl (C=O) groups excluding carboxylic acids is 2. The van der Waals surface area contributed by atoms with Crippen molar-refractivity contribution in [3.8, 4) is 5.75 Å². The molecule has 1 aliphatic heterocycles. The van der Waals surface area contributed by atoms with Crippen LogP contribution in [0.25, 0.3) is 0 Å². The molecule has 0 fully saturated rings. The molecule has 0 bridgehead atoms. The number of Topliss-reactive ketones (excluding diaryl/α,β-unsaturated/α-hetero) is 1. The van der Waals surface area contributed by atoms with Gasteiger partial charge in [0.1, 0.15) is 5.75 Å². The van der Waals surface area contributed by atoms with Crippen LogP contribution in [0.2, 0.25) is 0 Å². The van der Waals surface area contributed by atoms with Crippen molar-refractivity contribution in [2.24, 2.45) is 0 Å². The first-order valence-corrected chi connectivity index (χ1v) is 10.1. The van der Waals surface area contributed by atoms with Crippen molar-refractivity contribution in [3.05, 3.63) is 107 Å². The zero-order chi connectivity index (χ0) is 22.0. The highest BCUT2D eigenvalue weighted by Crippen LogP contribution is 2.41. The van der Waals surface area contributed by atoms with E-state index in [0.717, 1.165) is 11.1 Å². The summed E-state index contributed by atoms with van der Waals surface area (Å²) in [7, 11) is 0. The van der Waals surface area contributed by atoms with Crippen LogP contribution < -0.4 is 4.90 Å². The molecule has 0 saturated carbocycles. The highest BCUT2D eigenvalue weighted by molar-refractivity contribution is 6.16. The largest absolute Gasteiger partial charge is 0.508 e. The van der Waals surface area contributed by atoms with Crippen molar-refractivity contribution in [2.75, 3.05) is 4.90 Å². The van der Waals surface area contributed by atoms with Crippen molar-refractivity contribution in [2.45, 2.75) is 25.8 Å². The summed E-state index contributed by atoms with van der Waals surface area (Å²) >= 11 is 0. The number of aliphatic hydroxyl groups is 1. The molecule has 1 unspecified atom stereocenters. The first-order valence-electron chi connectivity index (χ1n) is 10.1. The van der Waals surface area contributed by atoms with Crippen LogP contribution in [-0.4, -0.2) is 21.9 Å². The highest BCUT2D eigenvalue weighted by Gasteiger charge is 2.44. The number of nitrogens with zero attached hydrogens (tertiary/aromatic N) is 1. The van der Waals surface area contributed by atoms with Gasteiger partial charge in [0.25, 0.3) is 5.91 Å². The Balaban J connectivity index is 1.72. The van der Waals surface area contributed by atoms with E-state index in [1.54, 1.807) is 24.3 Å². The van der Waals surface area contributed by atoms with Crippen molar-refractivity contribution in [1.29, 1.82) is 0 Å². The third kappa shape index (κ3) is 4.08. The lowest BCUT2D eigenvalue weighted by Gasteiger charge is -2.27. The minimum Gasteiger partial charge on any atom is -0.508 e. The summed E-state index contributed by atoms with van der Waals surface area (Å²) in [5, 5.41) is 20.4. The van der Waals surface area contributed by atoms with Gasteiger partial charge in [0.15, 0.2) is 11.5 Å². The van der Waals surface area contributed by atoms with Gasteiger partial charge in [-0.1, -0.05) is 60.2 Å². The van der Waals surface area contributed by atoms with Crippen molar-refractivity contribution < 1.29 is 19.8 Å². The number of aryl methyl sites for hydroxylation is 2.